The summed E-state index contributed by atoms with van der Waals surface area (Å²) in [6, 6.07) is 8.72. The molecule has 0 saturated carbocycles. The van der Waals surface area contributed by atoms with E-state index in [0.717, 1.165) is 5.52 Å². The van der Waals surface area contributed by atoms with Crippen LogP contribution >= 0.6 is 0 Å². The van der Waals surface area contributed by atoms with Gasteiger partial charge in [0.25, 0.3) is 0 Å². The van der Waals surface area contributed by atoms with Gasteiger partial charge in [0.2, 0.25) is 0 Å². The van der Waals surface area contributed by atoms with Crippen LogP contribution in [0.5, 0.6) is 0 Å². The third-order valence-electron chi connectivity index (χ3n) is 3.06. The highest BCUT2D eigenvalue weighted by Gasteiger charge is 2.20. The lowest BCUT2D eigenvalue weighted by atomic mass is 10.3. The number of nitrogens with zero attached hydrogens (tertiary/aromatic N) is 4. The van der Waals surface area contributed by atoms with Crippen LogP contribution in [-0.2, 0) is 0 Å². The van der Waals surface area contributed by atoms with E-state index in [9.17, 15) is 4.79 Å². The van der Waals surface area contributed by atoms with Gasteiger partial charge in [-0.05, 0) is 31.2 Å². The molecule has 0 bridgehead atoms. The second kappa shape index (κ2) is 5.20. The summed E-state index contributed by atoms with van der Waals surface area (Å²) >= 11 is 0. The molecule has 0 aliphatic heterocycles. The first-order chi connectivity index (χ1) is 10.2. The van der Waals surface area contributed by atoms with E-state index in [2.05, 4.69) is 20.3 Å². The van der Waals surface area contributed by atoms with Crippen LogP contribution in [0.4, 0.5) is 4.79 Å². The normalized spacial score (nSPS) is 12.2. The number of imidazole rings is 1. The summed E-state index contributed by atoms with van der Waals surface area (Å²) in [6.45, 7) is 1.73. The van der Waals surface area contributed by atoms with Crippen molar-refractivity contribution < 1.29 is 9.90 Å². The van der Waals surface area contributed by atoms with Gasteiger partial charge in [0, 0.05) is 12.4 Å². The maximum absolute atomic E-state index is 10.9. The lowest BCUT2D eigenvalue weighted by Gasteiger charge is -2.13. The Morgan fingerprint density at radius 3 is 2.76 bits per heavy atom. The molecule has 3 rings (SSSR count). The SMILES string of the molecule is CC(NC(=O)O)c1nc2ncccc2n1-c1ccccn1. The first kappa shape index (κ1) is 13.0. The predicted molar refractivity (Wildman–Crippen MR) is 76.2 cm³/mol. The molecule has 7 nitrogen and oxygen atoms in total. The summed E-state index contributed by atoms with van der Waals surface area (Å²) in [6.07, 6.45) is 2.23. The van der Waals surface area contributed by atoms with Gasteiger partial charge < -0.3 is 10.4 Å². The lowest BCUT2D eigenvalue weighted by molar-refractivity contribution is 0.190. The largest absolute Gasteiger partial charge is 0.465 e. The second-order valence-corrected chi connectivity index (χ2v) is 4.51. The Morgan fingerprint density at radius 1 is 1.24 bits per heavy atom. The number of carboxylic acid groups (broad SMARTS) is 1. The molecular formula is C14H13N5O2. The number of fused-ring (bicyclic) bond motifs is 1. The van der Waals surface area contributed by atoms with Crippen LogP contribution in [0.1, 0.15) is 18.8 Å². The molecule has 0 aromatic carbocycles. The highest BCUT2D eigenvalue weighted by molar-refractivity contribution is 5.74. The zero-order chi connectivity index (χ0) is 14.8. The molecule has 0 aliphatic carbocycles. The van der Waals surface area contributed by atoms with Gasteiger partial charge >= 0.3 is 6.09 Å². The minimum atomic E-state index is -1.10. The maximum atomic E-state index is 10.9. The van der Waals surface area contributed by atoms with Crippen molar-refractivity contribution in [3.8, 4) is 5.82 Å². The van der Waals surface area contributed by atoms with E-state index in [1.165, 1.54) is 0 Å². The summed E-state index contributed by atoms with van der Waals surface area (Å²) in [5.41, 5.74) is 1.34. The molecule has 3 aromatic heterocycles. The van der Waals surface area contributed by atoms with Crippen LogP contribution in [0.2, 0.25) is 0 Å². The zero-order valence-electron chi connectivity index (χ0n) is 11.3. The molecule has 1 atom stereocenters. The van der Waals surface area contributed by atoms with E-state index in [1.807, 2.05) is 34.9 Å². The molecule has 3 aromatic rings. The van der Waals surface area contributed by atoms with Crippen LogP contribution in [0, 0.1) is 0 Å². The van der Waals surface area contributed by atoms with E-state index < -0.39 is 12.1 Å². The fourth-order valence-electron chi connectivity index (χ4n) is 2.20. The van der Waals surface area contributed by atoms with Crippen molar-refractivity contribution in [2.24, 2.45) is 0 Å². The first-order valence-electron chi connectivity index (χ1n) is 6.41. The van der Waals surface area contributed by atoms with Gasteiger partial charge in [0.15, 0.2) is 5.65 Å². The summed E-state index contributed by atoms with van der Waals surface area (Å²) in [7, 11) is 0. The average Bonchev–Trinajstić information content (AvgIpc) is 2.87. The number of carbonyl (C=O) groups is 1. The zero-order valence-corrected chi connectivity index (χ0v) is 11.3. The van der Waals surface area contributed by atoms with Crippen molar-refractivity contribution in [1.29, 1.82) is 0 Å². The van der Waals surface area contributed by atoms with Gasteiger partial charge in [-0.3, -0.25) is 4.57 Å². The minimum absolute atomic E-state index is 0.487. The van der Waals surface area contributed by atoms with Crippen LogP contribution in [0.15, 0.2) is 42.7 Å². The van der Waals surface area contributed by atoms with Crippen molar-refractivity contribution >= 4 is 17.3 Å². The van der Waals surface area contributed by atoms with Gasteiger partial charge in [0.1, 0.15) is 11.6 Å². The Balaban J connectivity index is 2.21. The molecule has 106 valence electrons. The maximum Gasteiger partial charge on any atom is 0.405 e. The van der Waals surface area contributed by atoms with E-state index in [-0.39, 0.29) is 0 Å². The number of hydrogen-bond acceptors (Lipinski definition) is 4. The molecule has 21 heavy (non-hydrogen) atoms. The molecule has 1 unspecified atom stereocenters. The molecular weight excluding hydrogens is 270 g/mol. The van der Waals surface area contributed by atoms with Gasteiger partial charge in [-0.1, -0.05) is 6.07 Å². The fraction of sp³-hybridized carbons (Fsp3) is 0.143. The van der Waals surface area contributed by atoms with Gasteiger partial charge in [-0.15, -0.1) is 0 Å². The van der Waals surface area contributed by atoms with Crippen LogP contribution in [0.25, 0.3) is 17.0 Å². The van der Waals surface area contributed by atoms with Crippen LogP contribution in [0.3, 0.4) is 0 Å². The molecule has 0 radical (unpaired) electrons. The molecule has 0 saturated heterocycles. The molecule has 0 fully saturated rings. The summed E-state index contributed by atoms with van der Waals surface area (Å²) in [4.78, 5) is 23.8. The quantitative estimate of drug-likeness (QED) is 0.768. The third-order valence-corrected chi connectivity index (χ3v) is 3.06. The highest BCUT2D eigenvalue weighted by Crippen LogP contribution is 2.22. The highest BCUT2D eigenvalue weighted by atomic mass is 16.4. The topological polar surface area (TPSA) is 92.9 Å². The Hall–Kier alpha value is -2.96. The number of pyridine rings is 2. The molecule has 0 aliphatic rings. The standard InChI is InChI=1S/C14H13N5O2/c1-9(17-14(20)21)13-18-12-10(5-4-8-16-12)19(13)11-6-2-3-7-15-11/h2-9,17H,1H3,(H,20,21). The number of aromatic nitrogens is 4. The molecule has 1 amide bonds. The molecule has 7 heteroatoms. The smallest absolute Gasteiger partial charge is 0.405 e. The number of hydrogen-bond donors (Lipinski definition) is 2. The van der Waals surface area contributed by atoms with Crippen molar-refractivity contribution in [2.75, 3.05) is 0 Å². The minimum Gasteiger partial charge on any atom is -0.465 e. The Kier molecular flexibility index (Phi) is 3.23. The number of rotatable bonds is 3. The monoisotopic (exact) mass is 283 g/mol. The van der Waals surface area contributed by atoms with Gasteiger partial charge in [-0.2, -0.15) is 0 Å². The first-order valence-corrected chi connectivity index (χ1v) is 6.41. The summed E-state index contributed by atoms with van der Waals surface area (Å²) in [5, 5.41) is 11.3. The van der Waals surface area contributed by atoms with Crippen molar-refractivity contribution in [1.82, 2.24) is 24.8 Å². The van der Waals surface area contributed by atoms with Crippen molar-refractivity contribution in [3.05, 3.63) is 48.5 Å². The molecule has 3 heterocycles. The van der Waals surface area contributed by atoms with Crippen LogP contribution in [-0.4, -0.2) is 30.7 Å². The predicted octanol–water partition coefficient (Wildman–Crippen LogP) is 2.14. The van der Waals surface area contributed by atoms with Crippen LogP contribution < -0.4 is 5.32 Å². The summed E-state index contributed by atoms with van der Waals surface area (Å²) < 4.78 is 1.81. The van der Waals surface area contributed by atoms with E-state index in [1.54, 1.807) is 19.3 Å². The molecule has 2 N–H and O–H groups in total. The van der Waals surface area contributed by atoms with E-state index in [0.29, 0.717) is 17.3 Å². The van der Waals surface area contributed by atoms with Crippen molar-refractivity contribution in [2.45, 2.75) is 13.0 Å². The lowest BCUT2D eigenvalue weighted by Crippen LogP contribution is -2.26. The summed E-state index contributed by atoms with van der Waals surface area (Å²) in [5.74, 6) is 1.21. The average molecular weight is 283 g/mol. The Labute approximate surface area is 120 Å². The van der Waals surface area contributed by atoms with E-state index in [4.69, 9.17) is 5.11 Å². The van der Waals surface area contributed by atoms with E-state index >= 15 is 0 Å². The Morgan fingerprint density at radius 2 is 2.05 bits per heavy atom. The van der Waals surface area contributed by atoms with Crippen molar-refractivity contribution in [3.63, 3.8) is 0 Å². The van der Waals surface area contributed by atoms with Gasteiger partial charge in [0.05, 0.1) is 11.6 Å². The Bertz CT molecular complexity index is 784. The third kappa shape index (κ3) is 2.40. The molecule has 0 spiro atoms. The fourth-order valence-corrected chi connectivity index (χ4v) is 2.20. The second-order valence-electron chi connectivity index (χ2n) is 4.51. The van der Waals surface area contributed by atoms with Gasteiger partial charge in [-0.25, -0.2) is 19.7 Å². The number of nitrogens with one attached hydrogen (secondary N) is 1. The number of amides is 1.